The van der Waals surface area contributed by atoms with Crippen molar-refractivity contribution in [1.29, 1.82) is 0 Å². The third-order valence-corrected chi connectivity index (χ3v) is 7.48. The van der Waals surface area contributed by atoms with E-state index in [1.165, 1.54) is 43.7 Å². The van der Waals surface area contributed by atoms with Gasteiger partial charge in [0, 0.05) is 18.7 Å². The Balaban J connectivity index is 1.56. The van der Waals surface area contributed by atoms with Gasteiger partial charge >= 0.3 is 0 Å². The number of imidazole rings is 2. The molecule has 33 heavy (non-hydrogen) atoms. The number of likely N-dealkylation sites (tertiary alicyclic amines) is 1. The molecular formula is C27H26N4OS. The maximum Gasteiger partial charge on any atom is 0.222 e. The van der Waals surface area contributed by atoms with Crippen molar-refractivity contribution in [1.82, 2.24) is 18.9 Å². The fourth-order valence-corrected chi connectivity index (χ4v) is 5.65. The second kappa shape index (κ2) is 8.61. The summed E-state index contributed by atoms with van der Waals surface area (Å²) in [5.41, 5.74) is 4.51. The molecule has 5 aromatic rings. The fourth-order valence-electron chi connectivity index (χ4n) is 4.98. The van der Waals surface area contributed by atoms with E-state index in [1.807, 2.05) is 53.9 Å². The number of para-hydroxylation sites is 2. The third-order valence-electron chi connectivity index (χ3n) is 6.61. The second-order valence-electron chi connectivity index (χ2n) is 8.66. The summed E-state index contributed by atoms with van der Waals surface area (Å²) in [6.45, 7) is 4.19. The van der Waals surface area contributed by atoms with Gasteiger partial charge in [0.25, 0.3) is 0 Å². The van der Waals surface area contributed by atoms with Gasteiger partial charge in [-0.15, -0.1) is 11.3 Å². The van der Waals surface area contributed by atoms with E-state index in [0.717, 1.165) is 46.0 Å². The van der Waals surface area contributed by atoms with E-state index in [2.05, 4.69) is 32.1 Å². The lowest BCUT2D eigenvalue weighted by Gasteiger charge is -2.26. The van der Waals surface area contributed by atoms with Gasteiger partial charge in [-0.05, 0) is 49.5 Å². The van der Waals surface area contributed by atoms with Crippen LogP contribution in [0.4, 0.5) is 0 Å². The van der Waals surface area contributed by atoms with Crippen LogP contribution >= 0.6 is 11.3 Å². The first kappa shape index (κ1) is 20.4. The Kier molecular flexibility index (Phi) is 5.32. The highest BCUT2D eigenvalue weighted by Gasteiger charge is 2.27. The summed E-state index contributed by atoms with van der Waals surface area (Å²) < 4.78 is 4.37. The van der Waals surface area contributed by atoms with Gasteiger partial charge in [-0.25, -0.2) is 4.98 Å². The van der Waals surface area contributed by atoms with Gasteiger partial charge in [-0.3, -0.25) is 9.20 Å². The molecule has 0 spiro atoms. The topological polar surface area (TPSA) is 42.5 Å². The zero-order valence-electron chi connectivity index (χ0n) is 18.5. The molecule has 4 heterocycles. The molecule has 0 saturated carbocycles. The summed E-state index contributed by atoms with van der Waals surface area (Å²) in [5, 5.41) is 1.95. The molecule has 1 fully saturated rings. The number of carbonyl (C=O) groups excluding carboxylic acids is 1. The number of nitrogens with zero attached hydrogens (tertiary/aromatic N) is 4. The highest BCUT2D eigenvalue weighted by Crippen LogP contribution is 2.32. The standard InChI is InChI=1S/C27H26N4OS/c32-26(23-14-9-19-33-23)25-24(20-10-3-1-4-11-20)28-27-30(18-17-29-15-7-2-8-16-29)21-12-5-6-13-22(21)31(25)27/h1,3-6,9-14,19H,2,7-8,15-18H2. The first-order valence-corrected chi connectivity index (χ1v) is 12.5. The lowest BCUT2D eigenvalue weighted by Crippen LogP contribution is -2.32. The van der Waals surface area contributed by atoms with Gasteiger partial charge in [0.05, 0.1) is 15.9 Å². The molecule has 0 unspecified atom stereocenters. The molecule has 0 N–H and O–H groups in total. The summed E-state index contributed by atoms with van der Waals surface area (Å²) in [6.07, 6.45) is 3.90. The molecule has 2 aromatic carbocycles. The molecule has 1 aliphatic rings. The van der Waals surface area contributed by atoms with E-state index in [9.17, 15) is 4.79 Å². The molecule has 6 rings (SSSR count). The van der Waals surface area contributed by atoms with E-state index in [-0.39, 0.29) is 5.78 Å². The number of hydrogen-bond acceptors (Lipinski definition) is 4. The van der Waals surface area contributed by atoms with Crippen LogP contribution in [0.5, 0.6) is 0 Å². The third kappa shape index (κ3) is 3.59. The highest BCUT2D eigenvalue weighted by molar-refractivity contribution is 7.12. The van der Waals surface area contributed by atoms with E-state index < -0.39 is 0 Å². The first-order valence-electron chi connectivity index (χ1n) is 11.7. The number of fused-ring (bicyclic) bond motifs is 3. The van der Waals surface area contributed by atoms with Crippen LogP contribution in [0.1, 0.15) is 34.6 Å². The maximum atomic E-state index is 13.8. The van der Waals surface area contributed by atoms with E-state index in [4.69, 9.17) is 4.98 Å². The number of benzene rings is 2. The molecule has 0 bridgehead atoms. The zero-order valence-corrected chi connectivity index (χ0v) is 19.3. The summed E-state index contributed by atoms with van der Waals surface area (Å²) in [5.74, 6) is 0.863. The van der Waals surface area contributed by atoms with Crippen LogP contribution in [-0.4, -0.2) is 44.3 Å². The number of aromatic nitrogens is 3. The molecule has 1 saturated heterocycles. The monoisotopic (exact) mass is 454 g/mol. The van der Waals surface area contributed by atoms with Crippen LogP contribution in [0.2, 0.25) is 0 Å². The van der Waals surface area contributed by atoms with E-state index in [0.29, 0.717) is 5.69 Å². The first-order chi connectivity index (χ1) is 16.3. The highest BCUT2D eigenvalue weighted by atomic mass is 32.1. The number of thiophene rings is 1. The Bertz CT molecular complexity index is 1410. The Morgan fingerprint density at radius 2 is 1.61 bits per heavy atom. The minimum atomic E-state index is 0.0234. The number of hydrogen-bond donors (Lipinski definition) is 0. The minimum absolute atomic E-state index is 0.0234. The van der Waals surface area contributed by atoms with Gasteiger partial charge in [0.15, 0.2) is 0 Å². The number of rotatable bonds is 6. The van der Waals surface area contributed by atoms with Gasteiger partial charge in [0.2, 0.25) is 11.6 Å². The Hall–Kier alpha value is -3.22. The average Bonchev–Trinajstić information content (AvgIpc) is 3.60. The largest absolute Gasteiger partial charge is 0.308 e. The summed E-state index contributed by atoms with van der Waals surface area (Å²) in [6, 6.07) is 22.2. The fraction of sp³-hybridized carbons (Fsp3) is 0.259. The smallest absolute Gasteiger partial charge is 0.222 e. The van der Waals surface area contributed by atoms with Crippen LogP contribution in [0.15, 0.2) is 72.1 Å². The SMILES string of the molecule is O=C(c1cccs1)c1c(-c2ccccc2)nc2n(CCN3CCCCC3)c3ccccc3n12. The van der Waals surface area contributed by atoms with Crippen molar-refractivity contribution >= 4 is 33.9 Å². The maximum absolute atomic E-state index is 13.8. The molecule has 6 heteroatoms. The normalized spacial score (nSPS) is 14.9. The van der Waals surface area contributed by atoms with Crippen LogP contribution in [-0.2, 0) is 6.54 Å². The molecule has 3 aromatic heterocycles. The molecule has 166 valence electrons. The molecule has 0 atom stereocenters. The molecule has 5 nitrogen and oxygen atoms in total. The quantitative estimate of drug-likeness (QED) is 0.308. The average molecular weight is 455 g/mol. The second-order valence-corrected chi connectivity index (χ2v) is 9.61. The van der Waals surface area contributed by atoms with Crippen molar-refractivity contribution in [3.8, 4) is 11.3 Å². The molecule has 0 radical (unpaired) electrons. The summed E-state index contributed by atoms with van der Waals surface area (Å²) in [7, 11) is 0. The Morgan fingerprint density at radius 1 is 0.848 bits per heavy atom. The van der Waals surface area contributed by atoms with E-state index in [1.54, 1.807) is 0 Å². The van der Waals surface area contributed by atoms with Crippen LogP contribution < -0.4 is 0 Å². The Morgan fingerprint density at radius 3 is 2.36 bits per heavy atom. The predicted molar refractivity (Wildman–Crippen MR) is 134 cm³/mol. The van der Waals surface area contributed by atoms with Crippen LogP contribution in [0.3, 0.4) is 0 Å². The molecule has 0 aliphatic carbocycles. The molecule has 0 amide bonds. The van der Waals surface area contributed by atoms with Crippen molar-refractivity contribution in [3.05, 3.63) is 82.7 Å². The molecule has 1 aliphatic heterocycles. The van der Waals surface area contributed by atoms with E-state index >= 15 is 0 Å². The zero-order chi connectivity index (χ0) is 22.2. The number of carbonyl (C=O) groups is 1. The minimum Gasteiger partial charge on any atom is -0.308 e. The van der Waals surface area contributed by atoms with Gasteiger partial charge < -0.3 is 9.47 Å². The predicted octanol–water partition coefficient (Wildman–Crippen LogP) is 5.73. The summed E-state index contributed by atoms with van der Waals surface area (Å²) >= 11 is 1.48. The van der Waals surface area contributed by atoms with Crippen molar-refractivity contribution in [3.63, 3.8) is 0 Å². The summed E-state index contributed by atoms with van der Waals surface area (Å²) in [4.78, 5) is 22.2. The Labute approximate surface area is 196 Å². The van der Waals surface area contributed by atoms with Crippen LogP contribution in [0.25, 0.3) is 28.1 Å². The van der Waals surface area contributed by atoms with Crippen LogP contribution in [0, 0.1) is 0 Å². The van der Waals surface area contributed by atoms with Gasteiger partial charge in [-0.1, -0.05) is 55.0 Å². The lowest BCUT2D eigenvalue weighted by atomic mass is 10.1. The van der Waals surface area contributed by atoms with Crippen molar-refractivity contribution in [2.45, 2.75) is 25.8 Å². The van der Waals surface area contributed by atoms with Crippen molar-refractivity contribution < 1.29 is 4.79 Å². The number of piperidine rings is 1. The number of ketones is 1. The lowest BCUT2D eigenvalue weighted by molar-refractivity contribution is 0.103. The molecular weight excluding hydrogens is 428 g/mol. The van der Waals surface area contributed by atoms with Gasteiger partial charge in [-0.2, -0.15) is 0 Å². The van der Waals surface area contributed by atoms with Crippen molar-refractivity contribution in [2.24, 2.45) is 0 Å². The van der Waals surface area contributed by atoms with Crippen molar-refractivity contribution in [2.75, 3.05) is 19.6 Å². The van der Waals surface area contributed by atoms with Gasteiger partial charge in [0.1, 0.15) is 11.4 Å².